The summed E-state index contributed by atoms with van der Waals surface area (Å²) in [4.78, 5) is 12.1. The lowest BCUT2D eigenvalue weighted by Gasteiger charge is -2.24. The minimum Gasteiger partial charge on any atom is -0.379 e. The molecule has 1 aliphatic heterocycles. The van der Waals surface area contributed by atoms with Gasteiger partial charge in [0.25, 0.3) is 0 Å². The van der Waals surface area contributed by atoms with Crippen LogP contribution in [0.25, 0.3) is 0 Å². The molecule has 0 aliphatic carbocycles. The summed E-state index contributed by atoms with van der Waals surface area (Å²) in [5.74, 6) is -0.188. The summed E-state index contributed by atoms with van der Waals surface area (Å²) in [5, 5.41) is 3.53. The van der Waals surface area contributed by atoms with Crippen molar-refractivity contribution in [2.75, 3.05) is 13.2 Å². The van der Waals surface area contributed by atoms with E-state index in [-0.39, 0.29) is 18.6 Å². The monoisotopic (exact) mass is 268 g/mol. The Balaban J connectivity index is 2.06. The van der Waals surface area contributed by atoms with Crippen LogP contribution in [0.15, 0.2) is 24.3 Å². The van der Waals surface area contributed by atoms with E-state index in [0.717, 1.165) is 5.56 Å². The molecule has 1 aromatic rings. The summed E-state index contributed by atoms with van der Waals surface area (Å²) in [6.45, 7) is 2.69. The number of ether oxygens (including phenoxy) is 1. The molecular weight excluding hydrogens is 252 g/mol. The Morgan fingerprint density at radius 1 is 1.56 bits per heavy atom. The van der Waals surface area contributed by atoms with Crippen LogP contribution in [0.2, 0.25) is 5.02 Å². The zero-order chi connectivity index (χ0) is 13.2. The number of nitrogens with two attached hydrogens (primary N) is 1. The number of rotatable bonds is 3. The number of amides is 1. The second-order valence-corrected chi connectivity index (χ2v) is 5.08. The second kappa shape index (κ2) is 5.26. The summed E-state index contributed by atoms with van der Waals surface area (Å²) in [6, 6.07) is 7.27. The lowest BCUT2D eigenvalue weighted by Crippen LogP contribution is -2.54. The number of hydrogen-bond acceptors (Lipinski definition) is 3. The van der Waals surface area contributed by atoms with Gasteiger partial charge in [-0.3, -0.25) is 4.79 Å². The third-order valence-electron chi connectivity index (χ3n) is 3.22. The van der Waals surface area contributed by atoms with Crippen LogP contribution in [-0.2, 0) is 9.53 Å². The van der Waals surface area contributed by atoms with Crippen LogP contribution >= 0.6 is 11.6 Å². The molecule has 0 bridgehead atoms. The zero-order valence-corrected chi connectivity index (χ0v) is 11.0. The van der Waals surface area contributed by atoms with E-state index in [2.05, 4.69) is 5.32 Å². The highest BCUT2D eigenvalue weighted by Crippen LogP contribution is 2.23. The third kappa shape index (κ3) is 2.66. The molecule has 4 nitrogen and oxygen atoms in total. The largest absolute Gasteiger partial charge is 0.379 e. The van der Waals surface area contributed by atoms with E-state index >= 15 is 0 Å². The molecule has 2 unspecified atom stereocenters. The van der Waals surface area contributed by atoms with Gasteiger partial charge in [0, 0.05) is 11.6 Å². The smallest absolute Gasteiger partial charge is 0.243 e. The molecule has 1 aliphatic rings. The molecule has 1 saturated heterocycles. The third-order valence-corrected chi connectivity index (χ3v) is 3.57. The maximum absolute atomic E-state index is 12.1. The zero-order valence-electron chi connectivity index (χ0n) is 10.3. The molecule has 18 heavy (non-hydrogen) atoms. The normalized spacial score (nSPS) is 24.8. The van der Waals surface area contributed by atoms with Crippen molar-refractivity contribution in [2.24, 2.45) is 5.73 Å². The molecule has 3 N–H and O–H groups in total. The molecular formula is C13H17ClN2O2. The molecule has 1 fully saturated rings. The summed E-state index contributed by atoms with van der Waals surface area (Å²) < 4.78 is 5.18. The van der Waals surface area contributed by atoms with Crippen molar-refractivity contribution < 1.29 is 9.53 Å². The number of carbonyl (C=O) groups is 1. The molecule has 0 saturated carbocycles. The van der Waals surface area contributed by atoms with Gasteiger partial charge >= 0.3 is 0 Å². The molecule has 2 atom stereocenters. The van der Waals surface area contributed by atoms with Gasteiger partial charge in [-0.2, -0.15) is 0 Å². The van der Waals surface area contributed by atoms with Crippen molar-refractivity contribution in [2.45, 2.75) is 24.9 Å². The van der Waals surface area contributed by atoms with Crippen LogP contribution in [0, 0.1) is 0 Å². The lowest BCUT2D eigenvalue weighted by molar-refractivity contribution is -0.127. The second-order valence-electron chi connectivity index (χ2n) is 4.68. The van der Waals surface area contributed by atoms with Gasteiger partial charge in [-0.05, 0) is 25.0 Å². The van der Waals surface area contributed by atoms with Crippen LogP contribution in [0.1, 0.15) is 24.9 Å². The van der Waals surface area contributed by atoms with E-state index in [1.54, 1.807) is 6.07 Å². The van der Waals surface area contributed by atoms with Crippen LogP contribution in [0.3, 0.4) is 0 Å². The first kappa shape index (κ1) is 13.3. The van der Waals surface area contributed by atoms with Gasteiger partial charge in [-0.1, -0.05) is 29.8 Å². The van der Waals surface area contributed by atoms with Gasteiger partial charge in [0.05, 0.1) is 12.6 Å². The quantitative estimate of drug-likeness (QED) is 0.876. The number of carbonyl (C=O) groups excluding carboxylic acids is 1. The van der Waals surface area contributed by atoms with E-state index in [9.17, 15) is 4.79 Å². The fraction of sp³-hybridized carbons (Fsp3) is 0.462. The Kier molecular flexibility index (Phi) is 3.90. The fourth-order valence-electron chi connectivity index (χ4n) is 2.00. The van der Waals surface area contributed by atoms with Crippen molar-refractivity contribution >= 4 is 17.5 Å². The number of halogens is 1. The Labute approximate surface area is 111 Å². The van der Waals surface area contributed by atoms with Gasteiger partial charge in [0.1, 0.15) is 5.54 Å². The average Bonchev–Trinajstić information content (AvgIpc) is 2.78. The van der Waals surface area contributed by atoms with Crippen molar-refractivity contribution in [3.63, 3.8) is 0 Å². The highest BCUT2D eigenvalue weighted by molar-refractivity contribution is 6.31. The summed E-state index contributed by atoms with van der Waals surface area (Å²) >= 11 is 6.09. The first-order chi connectivity index (χ1) is 8.53. The predicted octanol–water partition coefficient (Wildman–Crippen LogP) is 1.63. The highest BCUT2D eigenvalue weighted by Gasteiger charge is 2.38. The first-order valence-electron chi connectivity index (χ1n) is 5.95. The van der Waals surface area contributed by atoms with Crippen molar-refractivity contribution in [1.82, 2.24) is 5.32 Å². The summed E-state index contributed by atoms with van der Waals surface area (Å²) in [7, 11) is 0. The maximum atomic E-state index is 12.1. The number of hydrogen-bond donors (Lipinski definition) is 2. The van der Waals surface area contributed by atoms with Crippen LogP contribution in [0.4, 0.5) is 0 Å². The Hall–Kier alpha value is -1.10. The lowest BCUT2D eigenvalue weighted by atomic mass is 9.98. The van der Waals surface area contributed by atoms with Crippen molar-refractivity contribution in [3.05, 3.63) is 34.9 Å². The van der Waals surface area contributed by atoms with E-state index in [0.29, 0.717) is 18.1 Å². The Morgan fingerprint density at radius 3 is 2.89 bits per heavy atom. The van der Waals surface area contributed by atoms with E-state index in [4.69, 9.17) is 22.1 Å². The molecule has 1 amide bonds. The molecule has 2 rings (SSSR count). The molecule has 1 aromatic carbocycles. The Bertz CT molecular complexity index is 444. The fourth-order valence-corrected chi connectivity index (χ4v) is 2.30. The predicted molar refractivity (Wildman–Crippen MR) is 70.4 cm³/mol. The summed E-state index contributed by atoms with van der Waals surface area (Å²) in [6.07, 6.45) is 0.550. The molecule has 0 aromatic heterocycles. The molecule has 0 radical (unpaired) electrons. The molecule has 98 valence electrons. The van der Waals surface area contributed by atoms with E-state index in [1.807, 2.05) is 25.1 Å². The topological polar surface area (TPSA) is 64.4 Å². The molecule has 1 heterocycles. The van der Waals surface area contributed by atoms with Gasteiger partial charge in [-0.25, -0.2) is 0 Å². The standard InChI is InChI=1S/C13H17ClN2O2/c1-9(10-4-2-3-5-11(10)14)16-12(17)13(15)6-7-18-8-13/h2-5,9H,6-8,15H2,1H3,(H,16,17). The van der Waals surface area contributed by atoms with Crippen LogP contribution < -0.4 is 11.1 Å². The maximum Gasteiger partial charge on any atom is 0.243 e. The minimum atomic E-state index is -0.907. The molecule has 0 spiro atoms. The number of nitrogens with one attached hydrogen (secondary N) is 1. The highest BCUT2D eigenvalue weighted by atomic mass is 35.5. The Morgan fingerprint density at radius 2 is 2.28 bits per heavy atom. The van der Waals surface area contributed by atoms with Crippen LogP contribution in [-0.4, -0.2) is 24.7 Å². The number of benzene rings is 1. The van der Waals surface area contributed by atoms with Gasteiger partial charge < -0.3 is 15.8 Å². The van der Waals surface area contributed by atoms with Gasteiger partial charge in [0.2, 0.25) is 5.91 Å². The van der Waals surface area contributed by atoms with Crippen LogP contribution in [0.5, 0.6) is 0 Å². The van der Waals surface area contributed by atoms with Crippen molar-refractivity contribution in [1.29, 1.82) is 0 Å². The first-order valence-corrected chi connectivity index (χ1v) is 6.33. The van der Waals surface area contributed by atoms with Gasteiger partial charge in [0.15, 0.2) is 0 Å². The SMILES string of the molecule is CC(NC(=O)C1(N)CCOC1)c1ccccc1Cl. The van der Waals surface area contributed by atoms with Crippen molar-refractivity contribution in [3.8, 4) is 0 Å². The summed E-state index contributed by atoms with van der Waals surface area (Å²) in [5.41, 5.74) is 5.97. The minimum absolute atomic E-state index is 0.174. The van der Waals surface area contributed by atoms with E-state index < -0.39 is 5.54 Å². The van der Waals surface area contributed by atoms with Gasteiger partial charge in [-0.15, -0.1) is 0 Å². The average molecular weight is 269 g/mol. The molecule has 5 heteroatoms. The van der Waals surface area contributed by atoms with E-state index in [1.165, 1.54) is 0 Å².